The first-order valence-corrected chi connectivity index (χ1v) is 6.03. The van der Waals surface area contributed by atoms with Crippen LogP contribution in [0.15, 0.2) is 0 Å². The van der Waals surface area contributed by atoms with E-state index in [1.165, 1.54) is 45.6 Å². The Morgan fingerprint density at radius 2 is 1.87 bits per heavy atom. The van der Waals surface area contributed by atoms with Crippen molar-refractivity contribution in [3.05, 3.63) is 0 Å². The highest BCUT2D eigenvalue weighted by atomic mass is 16.6. The van der Waals surface area contributed by atoms with Crippen LogP contribution in [0.2, 0.25) is 0 Å². The van der Waals surface area contributed by atoms with E-state index in [1.54, 1.807) is 0 Å². The highest BCUT2D eigenvalue weighted by molar-refractivity contribution is 5.77. The van der Waals surface area contributed by atoms with Crippen LogP contribution in [0.25, 0.3) is 0 Å². The molecule has 0 spiro atoms. The average Bonchev–Trinajstić information content (AvgIpc) is 3.01. The van der Waals surface area contributed by atoms with E-state index in [1.807, 2.05) is 0 Å². The molecule has 0 amide bonds. The summed E-state index contributed by atoms with van der Waals surface area (Å²) in [5, 5.41) is 0. The minimum atomic E-state index is -0.259. The first-order chi connectivity index (χ1) is 7.29. The van der Waals surface area contributed by atoms with Crippen molar-refractivity contribution in [1.82, 2.24) is 0 Å². The van der Waals surface area contributed by atoms with Crippen LogP contribution in [-0.4, -0.2) is 25.3 Å². The second kappa shape index (κ2) is 6.83. The number of hydrogen-bond donors (Lipinski definition) is 0. The summed E-state index contributed by atoms with van der Waals surface area (Å²) in [7, 11) is 1.41. The van der Waals surface area contributed by atoms with E-state index in [9.17, 15) is 4.79 Å². The van der Waals surface area contributed by atoms with E-state index in [4.69, 9.17) is 4.74 Å². The smallest absolute Gasteiger partial charge is 0.337 e. The molecule has 0 aromatic heterocycles. The second-order valence-electron chi connectivity index (χ2n) is 4.17. The lowest BCUT2D eigenvalue weighted by Gasteiger charge is -1.98. The lowest BCUT2D eigenvalue weighted by atomic mass is 10.1. The van der Waals surface area contributed by atoms with Crippen molar-refractivity contribution in [1.29, 1.82) is 0 Å². The van der Waals surface area contributed by atoms with Gasteiger partial charge in [0.15, 0.2) is 6.10 Å². The van der Waals surface area contributed by atoms with Crippen molar-refractivity contribution >= 4 is 5.97 Å². The SMILES string of the molecule is CCCCCCCC[C@H]1O[C@@H]1C(=O)OC. The zero-order valence-electron chi connectivity index (χ0n) is 9.83. The minimum Gasteiger partial charge on any atom is -0.467 e. The molecule has 0 unspecified atom stereocenters. The van der Waals surface area contributed by atoms with Crippen molar-refractivity contribution in [2.24, 2.45) is 0 Å². The van der Waals surface area contributed by atoms with Crippen LogP contribution in [-0.2, 0) is 14.3 Å². The van der Waals surface area contributed by atoms with Gasteiger partial charge in [0.2, 0.25) is 0 Å². The molecule has 0 radical (unpaired) electrons. The van der Waals surface area contributed by atoms with Crippen LogP contribution in [0.4, 0.5) is 0 Å². The lowest BCUT2D eigenvalue weighted by Crippen LogP contribution is -2.11. The molecule has 0 aromatic carbocycles. The molecule has 88 valence electrons. The van der Waals surface area contributed by atoms with Crippen LogP contribution in [0, 0.1) is 0 Å². The molecule has 0 N–H and O–H groups in total. The van der Waals surface area contributed by atoms with Gasteiger partial charge in [-0.05, 0) is 6.42 Å². The van der Waals surface area contributed by atoms with Crippen molar-refractivity contribution in [2.75, 3.05) is 7.11 Å². The van der Waals surface area contributed by atoms with Crippen LogP contribution in [0.3, 0.4) is 0 Å². The topological polar surface area (TPSA) is 38.8 Å². The molecule has 15 heavy (non-hydrogen) atoms. The Morgan fingerprint density at radius 1 is 1.20 bits per heavy atom. The van der Waals surface area contributed by atoms with Crippen LogP contribution < -0.4 is 0 Å². The zero-order chi connectivity index (χ0) is 11.1. The predicted octanol–water partition coefficient (Wildman–Crippen LogP) is 2.68. The molecule has 1 aliphatic heterocycles. The highest BCUT2D eigenvalue weighted by Crippen LogP contribution is 2.28. The monoisotopic (exact) mass is 214 g/mol. The fraction of sp³-hybridized carbons (Fsp3) is 0.917. The van der Waals surface area contributed by atoms with Gasteiger partial charge in [0.1, 0.15) is 0 Å². The molecule has 1 fully saturated rings. The minimum absolute atomic E-state index is 0.142. The maximum Gasteiger partial charge on any atom is 0.337 e. The van der Waals surface area contributed by atoms with Gasteiger partial charge in [-0.25, -0.2) is 4.79 Å². The number of unbranched alkanes of at least 4 members (excludes halogenated alkanes) is 5. The third kappa shape index (κ3) is 4.65. The van der Waals surface area contributed by atoms with E-state index in [0.717, 1.165) is 6.42 Å². The van der Waals surface area contributed by atoms with E-state index in [2.05, 4.69) is 11.7 Å². The van der Waals surface area contributed by atoms with Crippen molar-refractivity contribution in [3.63, 3.8) is 0 Å². The van der Waals surface area contributed by atoms with Gasteiger partial charge in [0.25, 0.3) is 0 Å². The van der Waals surface area contributed by atoms with Gasteiger partial charge in [-0.3, -0.25) is 0 Å². The first kappa shape index (κ1) is 12.5. The largest absolute Gasteiger partial charge is 0.467 e. The molecule has 3 heteroatoms. The van der Waals surface area contributed by atoms with E-state index >= 15 is 0 Å². The normalized spacial score (nSPS) is 23.9. The van der Waals surface area contributed by atoms with Crippen molar-refractivity contribution in [2.45, 2.75) is 64.1 Å². The molecule has 1 aliphatic rings. The number of methoxy groups -OCH3 is 1. The third-order valence-corrected chi connectivity index (χ3v) is 2.86. The highest BCUT2D eigenvalue weighted by Gasteiger charge is 2.45. The zero-order valence-corrected chi connectivity index (χ0v) is 9.83. The van der Waals surface area contributed by atoms with E-state index < -0.39 is 0 Å². The second-order valence-corrected chi connectivity index (χ2v) is 4.17. The molecular formula is C12H22O3. The Hall–Kier alpha value is -0.570. The number of epoxide rings is 1. The molecule has 0 saturated carbocycles. The van der Waals surface area contributed by atoms with Crippen molar-refractivity contribution < 1.29 is 14.3 Å². The van der Waals surface area contributed by atoms with Gasteiger partial charge < -0.3 is 9.47 Å². The molecule has 1 heterocycles. The summed E-state index contributed by atoms with van der Waals surface area (Å²) in [6.45, 7) is 2.22. The van der Waals surface area contributed by atoms with E-state index in [-0.39, 0.29) is 18.2 Å². The lowest BCUT2D eigenvalue weighted by molar-refractivity contribution is -0.142. The fourth-order valence-electron chi connectivity index (χ4n) is 1.81. The summed E-state index contributed by atoms with van der Waals surface area (Å²) in [4.78, 5) is 11.0. The molecule has 0 aliphatic carbocycles. The third-order valence-electron chi connectivity index (χ3n) is 2.86. The predicted molar refractivity (Wildman–Crippen MR) is 58.7 cm³/mol. The van der Waals surface area contributed by atoms with Gasteiger partial charge in [-0.2, -0.15) is 0 Å². The van der Waals surface area contributed by atoms with Crippen LogP contribution >= 0.6 is 0 Å². The summed E-state index contributed by atoms with van der Waals surface area (Å²) in [6.07, 6.45) is 8.59. The Balaban J connectivity index is 1.88. The molecule has 1 rings (SSSR count). The Kier molecular flexibility index (Phi) is 5.69. The number of carbonyl (C=O) groups excluding carboxylic acids is 1. The van der Waals surface area contributed by atoms with Crippen molar-refractivity contribution in [3.8, 4) is 0 Å². The Labute approximate surface area is 92.1 Å². The molecular weight excluding hydrogens is 192 g/mol. The summed E-state index contributed by atoms with van der Waals surface area (Å²) >= 11 is 0. The molecule has 3 nitrogen and oxygen atoms in total. The van der Waals surface area contributed by atoms with Gasteiger partial charge in [0, 0.05) is 0 Å². The summed E-state index contributed by atoms with van der Waals surface area (Å²) in [5.74, 6) is -0.217. The maximum atomic E-state index is 11.0. The Morgan fingerprint density at radius 3 is 2.53 bits per heavy atom. The molecule has 0 aromatic rings. The number of esters is 1. The number of rotatable bonds is 8. The summed E-state index contributed by atoms with van der Waals surface area (Å²) in [5.41, 5.74) is 0. The number of hydrogen-bond acceptors (Lipinski definition) is 3. The molecule has 0 bridgehead atoms. The van der Waals surface area contributed by atoms with Gasteiger partial charge >= 0.3 is 5.97 Å². The quantitative estimate of drug-likeness (QED) is 0.354. The fourth-order valence-corrected chi connectivity index (χ4v) is 1.81. The van der Waals surface area contributed by atoms with Crippen LogP contribution in [0.1, 0.15) is 51.9 Å². The van der Waals surface area contributed by atoms with Gasteiger partial charge in [0.05, 0.1) is 13.2 Å². The van der Waals surface area contributed by atoms with E-state index in [0.29, 0.717) is 0 Å². The number of ether oxygens (including phenoxy) is 2. The summed E-state index contributed by atoms with van der Waals surface area (Å²) in [6, 6.07) is 0. The molecule has 1 saturated heterocycles. The standard InChI is InChI=1S/C12H22O3/c1-3-4-5-6-7-8-9-10-11(15-10)12(13)14-2/h10-11H,3-9H2,1-2H3/t10-,11+/m1/s1. The average molecular weight is 214 g/mol. The Bertz CT molecular complexity index is 191. The van der Waals surface area contributed by atoms with Crippen LogP contribution in [0.5, 0.6) is 0 Å². The first-order valence-electron chi connectivity index (χ1n) is 6.03. The number of carbonyl (C=O) groups is 1. The summed E-state index contributed by atoms with van der Waals surface area (Å²) < 4.78 is 9.82. The van der Waals surface area contributed by atoms with Gasteiger partial charge in [-0.15, -0.1) is 0 Å². The molecule has 2 atom stereocenters. The van der Waals surface area contributed by atoms with Gasteiger partial charge in [-0.1, -0.05) is 45.4 Å². The maximum absolute atomic E-state index is 11.0.